The third-order valence-corrected chi connectivity index (χ3v) is 4.92. The molecule has 8 heteroatoms. The Morgan fingerprint density at radius 3 is 2.25 bits per heavy atom. The quantitative estimate of drug-likeness (QED) is 0.606. The Kier molecular flexibility index (Phi) is 4.72. The van der Waals surface area contributed by atoms with Crippen LogP contribution in [0.3, 0.4) is 0 Å². The van der Waals surface area contributed by atoms with Gasteiger partial charge in [0.15, 0.2) is 0 Å². The number of nitrogens with one attached hydrogen (secondary N) is 2. The molecule has 0 spiro atoms. The van der Waals surface area contributed by atoms with E-state index >= 15 is 0 Å². The van der Waals surface area contributed by atoms with E-state index in [1.165, 1.54) is 0 Å². The minimum atomic E-state index is -3.13. The maximum Gasteiger partial charge on any atom is 0.208 e. The smallest absolute Gasteiger partial charge is 0.208 e. The summed E-state index contributed by atoms with van der Waals surface area (Å²) in [4.78, 5) is 0. The fraction of sp³-hybridized carbons (Fsp3) is 1.00. The molecule has 1 fully saturated rings. The van der Waals surface area contributed by atoms with Crippen molar-refractivity contribution < 1.29 is 16.8 Å². The van der Waals surface area contributed by atoms with Gasteiger partial charge in [0.2, 0.25) is 10.0 Å². The minimum Gasteiger partial charge on any atom is -0.313 e. The van der Waals surface area contributed by atoms with E-state index in [1.807, 2.05) is 0 Å². The second kappa shape index (κ2) is 5.44. The minimum absolute atomic E-state index is 0.185. The van der Waals surface area contributed by atoms with E-state index in [0.717, 1.165) is 6.26 Å². The van der Waals surface area contributed by atoms with Crippen molar-refractivity contribution in [3.05, 3.63) is 0 Å². The predicted molar refractivity (Wildman–Crippen MR) is 62.5 cm³/mol. The number of sulfone groups is 1. The summed E-state index contributed by atoms with van der Waals surface area (Å²) in [7, 11) is -5.95. The van der Waals surface area contributed by atoms with Crippen LogP contribution in [-0.4, -0.2) is 53.7 Å². The van der Waals surface area contributed by atoms with Crippen molar-refractivity contribution in [3.8, 4) is 0 Å². The maximum atomic E-state index is 11.1. The van der Waals surface area contributed by atoms with Gasteiger partial charge in [0.1, 0.15) is 9.84 Å². The highest BCUT2D eigenvalue weighted by Crippen LogP contribution is 2.11. The van der Waals surface area contributed by atoms with Gasteiger partial charge in [0.05, 0.1) is 17.8 Å². The lowest BCUT2D eigenvalue weighted by molar-refractivity contribution is 0.465. The van der Waals surface area contributed by atoms with Crippen LogP contribution in [0.4, 0.5) is 0 Å². The van der Waals surface area contributed by atoms with Gasteiger partial charge in [-0.05, 0) is 12.8 Å². The lowest BCUT2D eigenvalue weighted by atomic mass is 10.1. The molecule has 0 aromatic heterocycles. The van der Waals surface area contributed by atoms with E-state index in [0.29, 0.717) is 25.9 Å². The monoisotopic (exact) mass is 270 g/mol. The number of hydrogen-bond acceptors (Lipinski definition) is 5. The second-order valence-corrected chi connectivity index (χ2v) is 8.18. The summed E-state index contributed by atoms with van der Waals surface area (Å²) in [6, 6.07) is 0.185. The van der Waals surface area contributed by atoms with Crippen molar-refractivity contribution in [2.24, 2.45) is 0 Å². The van der Waals surface area contributed by atoms with Gasteiger partial charge >= 0.3 is 0 Å². The van der Waals surface area contributed by atoms with Gasteiger partial charge in [-0.3, -0.25) is 0 Å². The Hall–Kier alpha value is -0.180. The second-order valence-electron chi connectivity index (χ2n) is 4.05. The predicted octanol–water partition coefficient (Wildman–Crippen LogP) is -1.30. The van der Waals surface area contributed by atoms with Crippen LogP contribution in [0, 0.1) is 0 Å². The molecular weight excluding hydrogens is 252 g/mol. The fourth-order valence-corrected chi connectivity index (χ4v) is 3.57. The van der Waals surface area contributed by atoms with Crippen LogP contribution in [0.2, 0.25) is 0 Å². The highest BCUT2D eigenvalue weighted by molar-refractivity contribution is 7.91. The van der Waals surface area contributed by atoms with Gasteiger partial charge in [-0.1, -0.05) is 0 Å². The molecule has 16 heavy (non-hydrogen) atoms. The first-order valence-corrected chi connectivity index (χ1v) is 8.88. The molecule has 0 amide bonds. The zero-order valence-electron chi connectivity index (χ0n) is 9.27. The molecule has 0 bridgehead atoms. The highest BCUT2D eigenvalue weighted by atomic mass is 32.2. The first-order valence-electron chi connectivity index (χ1n) is 5.17. The normalized spacial score (nSPS) is 22.1. The summed E-state index contributed by atoms with van der Waals surface area (Å²) in [5, 5.41) is 3.14. The van der Waals surface area contributed by atoms with Crippen molar-refractivity contribution in [1.29, 1.82) is 0 Å². The van der Waals surface area contributed by atoms with Gasteiger partial charge in [0, 0.05) is 19.1 Å². The highest BCUT2D eigenvalue weighted by Gasteiger charge is 2.22. The molecule has 0 radical (unpaired) electrons. The molecule has 1 heterocycles. The first-order chi connectivity index (χ1) is 7.29. The van der Waals surface area contributed by atoms with Crippen molar-refractivity contribution in [3.63, 3.8) is 0 Å². The molecule has 0 atom stereocenters. The van der Waals surface area contributed by atoms with Crippen LogP contribution in [0.15, 0.2) is 0 Å². The van der Waals surface area contributed by atoms with Crippen molar-refractivity contribution in [2.45, 2.75) is 18.9 Å². The molecule has 96 valence electrons. The van der Waals surface area contributed by atoms with Crippen molar-refractivity contribution >= 4 is 19.9 Å². The van der Waals surface area contributed by atoms with Crippen LogP contribution in [0.5, 0.6) is 0 Å². The summed E-state index contributed by atoms with van der Waals surface area (Å²) in [6.45, 7) is 0.861. The maximum absolute atomic E-state index is 11.1. The molecule has 1 saturated heterocycles. The van der Waals surface area contributed by atoms with E-state index in [1.54, 1.807) is 0 Å². The molecule has 1 aliphatic heterocycles. The lowest BCUT2D eigenvalue weighted by Crippen LogP contribution is -2.41. The van der Waals surface area contributed by atoms with E-state index in [-0.39, 0.29) is 17.5 Å². The average Bonchev–Trinajstić information content (AvgIpc) is 2.13. The van der Waals surface area contributed by atoms with Gasteiger partial charge in [-0.25, -0.2) is 21.6 Å². The third kappa shape index (κ3) is 5.78. The molecular formula is C8H18N2O4S2. The van der Waals surface area contributed by atoms with Crippen molar-refractivity contribution in [2.75, 3.05) is 30.9 Å². The Morgan fingerprint density at radius 1 is 1.19 bits per heavy atom. The topological polar surface area (TPSA) is 92.3 Å². The molecule has 2 N–H and O–H groups in total. The van der Waals surface area contributed by atoms with Gasteiger partial charge in [-0.15, -0.1) is 0 Å². The summed E-state index contributed by atoms with van der Waals surface area (Å²) < 4.78 is 46.1. The summed E-state index contributed by atoms with van der Waals surface area (Å²) in [5.74, 6) is 0.453. The van der Waals surface area contributed by atoms with E-state index in [4.69, 9.17) is 0 Å². The third-order valence-electron chi connectivity index (χ3n) is 2.48. The van der Waals surface area contributed by atoms with E-state index < -0.39 is 19.9 Å². The molecule has 0 aromatic rings. The summed E-state index contributed by atoms with van der Waals surface area (Å²) >= 11 is 0. The molecule has 6 nitrogen and oxygen atoms in total. The van der Waals surface area contributed by atoms with Gasteiger partial charge in [-0.2, -0.15) is 0 Å². The Bertz CT molecular complexity index is 401. The summed E-state index contributed by atoms with van der Waals surface area (Å²) in [6.07, 6.45) is 2.34. The van der Waals surface area contributed by atoms with Crippen molar-refractivity contribution in [1.82, 2.24) is 10.0 Å². The molecule has 1 rings (SSSR count). The number of hydrogen-bond donors (Lipinski definition) is 2. The molecule has 0 aliphatic carbocycles. The Balaban J connectivity index is 2.16. The van der Waals surface area contributed by atoms with Crippen LogP contribution < -0.4 is 10.0 Å². The standard InChI is InChI=1S/C8H18N2O4S2/c1-15(11,12)10-5-4-9-8-2-6-16(13,14)7-3-8/h8-10H,2-7H2,1H3. The van der Waals surface area contributed by atoms with E-state index in [9.17, 15) is 16.8 Å². The Labute approximate surface area is 96.8 Å². The van der Waals surface area contributed by atoms with Gasteiger partial charge < -0.3 is 5.32 Å². The molecule has 0 aromatic carbocycles. The summed E-state index contributed by atoms with van der Waals surface area (Å²) in [5.41, 5.74) is 0. The lowest BCUT2D eigenvalue weighted by Gasteiger charge is -2.23. The first kappa shape index (κ1) is 13.9. The van der Waals surface area contributed by atoms with Crippen LogP contribution in [0.25, 0.3) is 0 Å². The average molecular weight is 270 g/mol. The van der Waals surface area contributed by atoms with E-state index in [2.05, 4.69) is 10.0 Å². The molecule has 0 unspecified atom stereocenters. The van der Waals surface area contributed by atoms with Crippen LogP contribution in [-0.2, 0) is 19.9 Å². The zero-order valence-corrected chi connectivity index (χ0v) is 10.9. The molecule has 1 aliphatic rings. The molecule has 0 saturated carbocycles. The fourth-order valence-electron chi connectivity index (χ4n) is 1.61. The Morgan fingerprint density at radius 2 is 1.75 bits per heavy atom. The zero-order chi connectivity index (χ0) is 12.2. The van der Waals surface area contributed by atoms with Crippen LogP contribution >= 0.6 is 0 Å². The van der Waals surface area contributed by atoms with Gasteiger partial charge in [0.25, 0.3) is 0 Å². The van der Waals surface area contributed by atoms with Crippen LogP contribution in [0.1, 0.15) is 12.8 Å². The SMILES string of the molecule is CS(=O)(=O)NCCNC1CCS(=O)(=O)CC1. The largest absolute Gasteiger partial charge is 0.313 e. The number of sulfonamides is 1. The number of rotatable bonds is 5.